The lowest BCUT2D eigenvalue weighted by Crippen LogP contribution is -2.37. The summed E-state index contributed by atoms with van der Waals surface area (Å²) in [5, 5.41) is 4.56. The average molecular weight is 288 g/mol. The molecule has 0 saturated carbocycles. The quantitative estimate of drug-likeness (QED) is 0.908. The van der Waals surface area contributed by atoms with Crippen molar-refractivity contribution >= 4 is 17.6 Å². The minimum absolute atomic E-state index is 0.0453. The summed E-state index contributed by atoms with van der Waals surface area (Å²) in [5.74, 6) is -1.29. The zero-order valence-electron chi connectivity index (χ0n) is 11.0. The minimum atomic E-state index is -0.677. The first-order chi connectivity index (χ1) is 10.1. The van der Waals surface area contributed by atoms with E-state index in [9.17, 15) is 14.0 Å². The number of nitrogens with one attached hydrogen (secondary N) is 2. The number of imide groups is 1. The smallest absolute Gasteiger partial charge is 0.325 e. The molecule has 0 atom stereocenters. The first kappa shape index (κ1) is 14.5. The molecule has 5 nitrogen and oxygen atoms in total. The predicted octanol–water partition coefficient (Wildman–Crippen LogP) is 2.55. The molecule has 0 aromatic heterocycles. The number of para-hydroxylation sites is 2. The maximum atomic E-state index is 13.3. The third-order valence-electron chi connectivity index (χ3n) is 2.48. The van der Waals surface area contributed by atoms with Crippen LogP contribution in [-0.4, -0.2) is 18.5 Å². The Hall–Kier alpha value is -2.89. The van der Waals surface area contributed by atoms with Crippen molar-refractivity contribution in [3.8, 4) is 5.75 Å². The maximum Gasteiger partial charge on any atom is 0.325 e. The summed E-state index contributed by atoms with van der Waals surface area (Å²) in [6, 6.07) is 13.7. The molecule has 108 valence electrons. The Bertz CT molecular complexity index is 632. The largest absolute Gasteiger partial charge is 0.481 e. The molecule has 21 heavy (non-hydrogen) atoms. The van der Waals surface area contributed by atoms with Crippen molar-refractivity contribution in [2.75, 3.05) is 11.9 Å². The molecular formula is C15H13FN2O3. The lowest BCUT2D eigenvalue weighted by atomic mass is 10.3. The third-order valence-corrected chi connectivity index (χ3v) is 2.48. The molecule has 0 saturated heterocycles. The monoisotopic (exact) mass is 288 g/mol. The number of anilines is 1. The number of hydrogen-bond acceptors (Lipinski definition) is 3. The Kier molecular flexibility index (Phi) is 4.87. The van der Waals surface area contributed by atoms with Crippen molar-refractivity contribution in [3.63, 3.8) is 0 Å². The number of amides is 3. The highest BCUT2D eigenvalue weighted by molar-refractivity contribution is 6.01. The van der Waals surface area contributed by atoms with Crippen molar-refractivity contribution in [3.05, 3.63) is 60.4 Å². The van der Waals surface area contributed by atoms with Crippen molar-refractivity contribution in [1.29, 1.82) is 0 Å². The van der Waals surface area contributed by atoms with E-state index in [0.717, 1.165) is 0 Å². The number of carbonyl (C=O) groups is 2. The summed E-state index contributed by atoms with van der Waals surface area (Å²) in [6.07, 6.45) is 0. The zero-order chi connectivity index (χ0) is 15.1. The van der Waals surface area contributed by atoms with Gasteiger partial charge in [0.1, 0.15) is 0 Å². The van der Waals surface area contributed by atoms with Crippen LogP contribution < -0.4 is 15.4 Å². The Morgan fingerprint density at radius 2 is 1.67 bits per heavy atom. The van der Waals surface area contributed by atoms with Gasteiger partial charge in [-0.25, -0.2) is 9.18 Å². The van der Waals surface area contributed by atoms with Crippen molar-refractivity contribution in [2.24, 2.45) is 0 Å². The fraction of sp³-hybridized carbons (Fsp3) is 0.0667. The van der Waals surface area contributed by atoms with Gasteiger partial charge in [0, 0.05) is 5.69 Å². The second-order valence-electron chi connectivity index (χ2n) is 4.09. The van der Waals surface area contributed by atoms with Crippen LogP contribution >= 0.6 is 0 Å². The van der Waals surface area contributed by atoms with Gasteiger partial charge in [-0.2, -0.15) is 0 Å². The summed E-state index contributed by atoms with van der Waals surface area (Å²) in [5.41, 5.74) is 0.554. The average Bonchev–Trinajstić information content (AvgIpc) is 2.47. The number of urea groups is 1. The lowest BCUT2D eigenvalue weighted by Gasteiger charge is -2.08. The van der Waals surface area contributed by atoms with Crippen LogP contribution in [0.1, 0.15) is 0 Å². The summed E-state index contributed by atoms with van der Waals surface area (Å²) in [7, 11) is 0. The fourth-order valence-corrected chi connectivity index (χ4v) is 1.55. The van der Waals surface area contributed by atoms with E-state index in [1.54, 1.807) is 36.4 Å². The summed E-state index contributed by atoms with van der Waals surface area (Å²) >= 11 is 0. The van der Waals surface area contributed by atoms with E-state index < -0.39 is 24.4 Å². The van der Waals surface area contributed by atoms with Gasteiger partial charge in [0.05, 0.1) is 0 Å². The van der Waals surface area contributed by atoms with Gasteiger partial charge in [0.2, 0.25) is 0 Å². The molecule has 0 spiro atoms. The second kappa shape index (κ2) is 7.04. The van der Waals surface area contributed by atoms with Crippen molar-refractivity contribution in [1.82, 2.24) is 5.32 Å². The van der Waals surface area contributed by atoms with E-state index >= 15 is 0 Å². The number of carbonyl (C=O) groups excluding carboxylic acids is 2. The molecule has 0 radical (unpaired) electrons. The van der Waals surface area contributed by atoms with Gasteiger partial charge in [-0.05, 0) is 24.3 Å². The van der Waals surface area contributed by atoms with E-state index in [1.807, 2.05) is 0 Å². The van der Waals surface area contributed by atoms with Crippen LogP contribution in [0.25, 0.3) is 0 Å². The van der Waals surface area contributed by atoms with E-state index in [1.165, 1.54) is 18.2 Å². The third kappa shape index (κ3) is 4.61. The molecule has 6 heteroatoms. The maximum absolute atomic E-state index is 13.3. The van der Waals surface area contributed by atoms with E-state index in [4.69, 9.17) is 4.74 Å². The predicted molar refractivity (Wildman–Crippen MR) is 75.5 cm³/mol. The lowest BCUT2D eigenvalue weighted by molar-refractivity contribution is -0.121. The van der Waals surface area contributed by atoms with Crippen molar-refractivity contribution < 1.29 is 18.7 Å². The standard InChI is InChI=1S/C15H13FN2O3/c16-12-8-4-5-9-13(12)21-10-14(19)18-15(20)17-11-6-2-1-3-7-11/h1-9H,10H2,(H2,17,18,19,20). The summed E-state index contributed by atoms with van der Waals surface area (Å²) in [6.45, 7) is -0.455. The number of rotatable bonds is 4. The number of ether oxygens (including phenoxy) is 1. The molecule has 0 aliphatic carbocycles. The van der Waals surface area contributed by atoms with E-state index in [-0.39, 0.29) is 5.75 Å². The Labute approximate surface area is 120 Å². The van der Waals surface area contributed by atoms with Crippen LogP contribution in [0.5, 0.6) is 5.75 Å². The number of hydrogen-bond donors (Lipinski definition) is 2. The van der Waals surface area contributed by atoms with Gasteiger partial charge in [-0.15, -0.1) is 0 Å². The first-order valence-corrected chi connectivity index (χ1v) is 6.18. The Morgan fingerprint density at radius 1 is 1.00 bits per heavy atom. The van der Waals surface area contributed by atoms with E-state index in [2.05, 4.69) is 10.6 Å². The number of benzene rings is 2. The van der Waals surface area contributed by atoms with Gasteiger partial charge in [-0.1, -0.05) is 30.3 Å². The highest BCUT2D eigenvalue weighted by Crippen LogP contribution is 2.14. The Balaban J connectivity index is 1.79. The van der Waals surface area contributed by atoms with E-state index in [0.29, 0.717) is 5.69 Å². The molecular weight excluding hydrogens is 275 g/mol. The second-order valence-corrected chi connectivity index (χ2v) is 4.09. The van der Waals surface area contributed by atoms with Gasteiger partial charge >= 0.3 is 6.03 Å². The molecule has 0 aliphatic rings. The molecule has 0 aliphatic heterocycles. The van der Waals surface area contributed by atoms with Crippen LogP contribution in [0, 0.1) is 5.82 Å². The molecule has 0 fully saturated rings. The molecule has 0 unspecified atom stereocenters. The van der Waals surface area contributed by atoms with Gasteiger partial charge in [-0.3, -0.25) is 10.1 Å². The normalized spacial score (nSPS) is 9.76. The summed E-state index contributed by atoms with van der Waals surface area (Å²) < 4.78 is 18.2. The van der Waals surface area contributed by atoms with Gasteiger partial charge in [0.15, 0.2) is 18.2 Å². The molecule has 2 N–H and O–H groups in total. The molecule has 0 bridgehead atoms. The molecule has 3 amide bonds. The Morgan fingerprint density at radius 3 is 2.38 bits per heavy atom. The van der Waals surface area contributed by atoms with Crippen molar-refractivity contribution in [2.45, 2.75) is 0 Å². The van der Waals surface area contributed by atoms with Gasteiger partial charge in [0.25, 0.3) is 5.91 Å². The van der Waals surface area contributed by atoms with Crippen LogP contribution in [0.3, 0.4) is 0 Å². The summed E-state index contributed by atoms with van der Waals surface area (Å²) in [4.78, 5) is 23.0. The van der Waals surface area contributed by atoms with Crippen LogP contribution in [-0.2, 0) is 4.79 Å². The molecule has 2 rings (SSSR count). The SMILES string of the molecule is O=C(COc1ccccc1F)NC(=O)Nc1ccccc1. The molecule has 2 aromatic carbocycles. The molecule has 0 heterocycles. The highest BCUT2D eigenvalue weighted by atomic mass is 19.1. The van der Waals surface area contributed by atoms with Crippen LogP contribution in [0.15, 0.2) is 54.6 Å². The fourth-order valence-electron chi connectivity index (χ4n) is 1.55. The number of halogens is 1. The van der Waals surface area contributed by atoms with Gasteiger partial charge < -0.3 is 10.1 Å². The minimum Gasteiger partial charge on any atom is -0.481 e. The topological polar surface area (TPSA) is 67.4 Å². The highest BCUT2D eigenvalue weighted by Gasteiger charge is 2.10. The zero-order valence-corrected chi connectivity index (χ0v) is 11.0. The van der Waals surface area contributed by atoms with Crippen LogP contribution in [0.2, 0.25) is 0 Å². The first-order valence-electron chi connectivity index (χ1n) is 6.18. The van der Waals surface area contributed by atoms with Crippen LogP contribution in [0.4, 0.5) is 14.9 Å². The molecule has 2 aromatic rings.